The highest BCUT2D eigenvalue weighted by molar-refractivity contribution is 5.87. The molecule has 0 aliphatic carbocycles. The van der Waals surface area contributed by atoms with Crippen molar-refractivity contribution in [2.75, 3.05) is 19.6 Å². The van der Waals surface area contributed by atoms with Crippen LogP contribution >= 0.6 is 12.4 Å². The van der Waals surface area contributed by atoms with Crippen LogP contribution in [0.4, 0.5) is 0 Å². The Hall–Kier alpha value is -0.810. The second-order valence-corrected chi connectivity index (χ2v) is 4.82. The number of halogens is 1. The average Bonchev–Trinajstić information content (AvgIpc) is 2.86. The largest absolute Gasteiger partial charge is 0.356 e. The number of amides is 2. The number of carbonyl (C=O) groups is 2. The van der Waals surface area contributed by atoms with Crippen LogP contribution in [0.1, 0.15) is 46.0 Å². The Morgan fingerprint density at radius 2 is 1.95 bits per heavy atom. The smallest absolute Gasteiger partial charge is 0.240 e. The van der Waals surface area contributed by atoms with Crippen molar-refractivity contribution < 1.29 is 9.59 Å². The van der Waals surface area contributed by atoms with Crippen LogP contribution < -0.4 is 16.0 Å². The minimum absolute atomic E-state index is 0. The maximum absolute atomic E-state index is 12.1. The molecule has 2 amide bonds. The van der Waals surface area contributed by atoms with E-state index in [1.165, 1.54) is 0 Å². The summed E-state index contributed by atoms with van der Waals surface area (Å²) in [6.45, 7) is 6.05. The summed E-state index contributed by atoms with van der Waals surface area (Å²) in [6.07, 6.45) is 4.00. The Labute approximate surface area is 121 Å². The first-order valence-electron chi connectivity index (χ1n) is 6.94. The highest BCUT2D eigenvalue weighted by Crippen LogP contribution is 2.22. The van der Waals surface area contributed by atoms with Gasteiger partial charge in [0.1, 0.15) is 0 Å². The fourth-order valence-electron chi connectivity index (χ4n) is 2.27. The maximum atomic E-state index is 12.1. The fraction of sp³-hybridized carbons (Fsp3) is 0.846. The van der Waals surface area contributed by atoms with Crippen LogP contribution in [0.25, 0.3) is 0 Å². The lowest BCUT2D eigenvalue weighted by Crippen LogP contribution is -2.53. The molecule has 1 fully saturated rings. The van der Waals surface area contributed by atoms with E-state index in [0.717, 1.165) is 32.2 Å². The summed E-state index contributed by atoms with van der Waals surface area (Å²) < 4.78 is 0. The average molecular weight is 292 g/mol. The van der Waals surface area contributed by atoms with Crippen molar-refractivity contribution in [3.8, 4) is 0 Å². The fourth-order valence-corrected chi connectivity index (χ4v) is 2.27. The molecule has 1 aliphatic heterocycles. The van der Waals surface area contributed by atoms with Gasteiger partial charge in [0.05, 0.1) is 5.54 Å². The molecule has 1 aliphatic rings. The first-order chi connectivity index (χ1) is 8.64. The molecule has 3 N–H and O–H groups in total. The van der Waals surface area contributed by atoms with Crippen LogP contribution in [0.15, 0.2) is 0 Å². The summed E-state index contributed by atoms with van der Waals surface area (Å²) in [4.78, 5) is 23.5. The van der Waals surface area contributed by atoms with E-state index in [-0.39, 0.29) is 24.2 Å². The molecule has 0 aromatic carbocycles. The summed E-state index contributed by atoms with van der Waals surface area (Å²) in [5, 5.41) is 8.93. The Kier molecular flexibility index (Phi) is 8.76. The first kappa shape index (κ1) is 18.2. The van der Waals surface area contributed by atoms with E-state index in [0.29, 0.717) is 19.5 Å². The predicted octanol–water partition coefficient (Wildman–Crippen LogP) is 0.973. The van der Waals surface area contributed by atoms with Crippen molar-refractivity contribution >= 4 is 24.2 Å². The zero-order valence-electron chi connectivity index (χ0n) is 11.9. The van der Waals surface area contributed by atoms with Crippen molar-refractivity contribution in [1.82, 2.24) is 16.0 Å². The summed E-state index contributed by atoms with van der Waals surface area (Å²) >= 11 is 0. The van der Waals surface area contributed by atoms with E-state index in [9.17, 15) is 9.59 Å². The zero-order valence-corrected chi connectivity index (χ0v) is 12.7. The summed E-state index contributed by atoms with van der Waals surface area (Å²) in [6, 6.07) is 0. The number of nitrogens with one attached hydrogen (secondary N) is 3. The van der Waals surface area contributed by atoms with Gasteiger partial charge in [0.25, 0.3) is 0 Å². The third-order valence-electron chi connectivity index (χ3n) is 3.49. The van der Waals surface area contributed by atoms with Crippen LogP contribution in [0.3, 0.4) is 0 Å². The number of hydrogen-bond donors (Lipinski definition) is 3. The van der Waals surface area contributed by atoms with Gasteiger partial charge in [0.2, 0.25) is 11.8 Å². The lowest BCUT2D eigenvalue weighted by Gasteiger charge is -2.26. The molecular formula is C13H26ClN3O2. The molecule has 0 bridgehead atoms. The SMILES string of the molecule is CCCNC(=O)CCNC(=O)C1(CC)CCCN1.Cl. The van der Waals surface area contributed by atoms with Gasteiger partial charge in [-0.15, -0.1) is 12.4 Å². The van der Waals surface area contributed by atoms with E-state index in [1.54, 1.807) is 0 Å². The highest BCUT2D eigenvalue weighted by Gasteiger charge is 2.38. The molecule has 1 rings (SSSR count). The number of carbonyl (C=O) groups excluding carboxylic acids is 2. The van der Waals surface area contributed by atoms with Gasteiger partial charge in [-0.3, -0.25) is 9.59 Å². The third kappa shape index (κ3) is 5.37. The van der Waals surface area contributed by atoms with Gasteiger partial charge in [0.15, 0.2) is 0 Å². The van der Waals surface area contributed by atoms with Gasteiger partial charge < -0.3 is 16.0 Å². The van der Waals surface area contributed by atoms with Crippen LogP contribution in [0, 0.1) is 0 Å². The summed E-state index contributed by atoms with van der Waals surface area (Å²) in [7, 11) is 0. The molecule has 0 spiro atoms. The van der Waals surface area contributed by atoms with Gasteiger partial charge in [-0.25, -0.2) is 0 Å². The van der Waals surface area contributed by atoms with E-state index in [2.05, 4.69) is 16.0 Å². The standard InChI is InChI=1S/C13H25N3O2.ClH/c1-3-8-14-11(17)6-10-15-12(18)13(4-2)7-5-9-16-13;/h16H,3-10H2,1-2H3,(H,14,17)(H,15,18);1H. The second-order valence-electron chi connectivity index (χ2n) is 4.82. The van der Waals surface area contributed by atoms with Crippen molar-refractivity contribution in [2.45, 2.75) is 51.5 Å². The van der Waals surface area contributed by atoms with Gasteiger partial charge in [-0.1, -0.05) is 13.8 Å². The van der Waals surface area contributed by atoms with Crippen LogP contribution in [-0.4, -0.2) is 37.0 Å². The van der Waals surface area contributed by atoms with E-state index >= 15 is 0 Å². The first-order valence-corrected chi connectivity index (χ1v) is 6.94. The summed E-state index contributed by atoms with van der Waals surface area (Å²) in [5.41, 5.74) is -0.403. The van der Waals surface area contributed by atoms with Crippen LogP contribution in [-0.2, 0) is 9.59 Å². The van der Waals surface area contributed by atoms with Gasteiger partial charge in [0, 0.05) is 19.5 Å². The van der Waals surface area contributed by atoms with Gasteiger partial charge in [-0.05, 0) is 32.2 Å². The van der Waals surface area contributed by atoms with Crippen molar-refractivity contribution in [3.05, 3.63) is 0 Å². The molecule has 1 saturated heterocycles. The van der Waals surface area contributed by atoms with E-state index < -0.39 is 5.54 Å². The van der Waals surface area contributed by atoms with Crippen molar-refractivity contribution in [1.29, 1.82) is 0 Å². The highest BCUT2D eigenvalue weighted by atomic mass is 35.5. The Morgan fingerprint density at radius 3 is 2.47 bits per heavy atom. The van der Waals surface area contributed by atoms with Crippen LogP contribution in [0.2, 0.25) is 0 Å². The second kappa shape index (κ2) is 9.15. The number of hydrogen-bond acceptors (Lipinski definition) is 3. The molecule has 5 nitrogen and oxygen atoms in total. The molecule has 0 aromatic heterocycles. The Morgan fingerprint density at radius 1 is 1.21 bits per heavy atom. The molecule has 0 radical (unpaired) electrons. The molecule has 1 heterocycles. The quantitative estimate of drug-likeness (QED) is 0.655. The topological polar surface area (TPSA) is 70.2 Å². The number of rotatable bonds is 7. The monoisotopic (exact) mass is 291 g/mol. The van der Waals surface area contributed by atoms with Crippen molar-refractivity contribution in [2.24, 2.45) is 0 Å². The van der Waals surface area contributed by atoms with Crippen molar-refractivity contribution in [3.63, 3.8) is 0 Å². The molecule has 0 saturated carbocycles. The Bertz CT molecular complexity index is 292. The zero-order chi connectivity index (χ0) is 13.4. The normalized spacial score (nSPS) is 21.6. The van der Waals surface area contributed by atoms with E-state index in [4.69, 9.17) is 0 Å². The molecule has 6 heteroatoms. The predicted molar refractivity (Wildman–Crippen MR) is 78.4 cm³/mol. The molecular weight excluding hydrogens is 266 g/mol. The molecule has 1 atom stereocenters. The molecule has 112 valence electrons. The van der Waals surface area contributed by atoms with Crippen LogP contribution in [0.5, 0.6) is 0 Å². The molecule has 19 heavy (non-hydrogen) atoms. The lowest BCUT2D eigenvalue weighted by molar-refractivity contribution is -0.127. The van der Waals surface area contributed by atoms with Gasteiger partial charge >= 0.3 is 0 Å². The minimum Gasteiger partial charge on any atom is -0.356 e. The lowest BCUT2D eigenvalue weighted by atomic mass is 9.93. The van der Waals surface area contributed by atoms with E-state index in [1.807, 2.05) is 13.8 Å². The molecule has 0 aromatic rings. The molecule has 1 unspecified atom stereocenters. The summed E-state index contributed by atoms with van der Waals surface area (Å²) in [5.74, 6) is 0.0351. The van der Waals surface area contributed by atoms with Gasteiger partial charge in [-0.2, -0.15) is 0 Å². The Balaban J connectivity index is 0.00000324. The maximum Gasteiger partial charge on any atom is 0.240 e. The third-order valence-corrected chi connectivity index (χ3v) is 3.49. The minimum atomic E-state index is -0.403.